The normalized spacial score (nSPS) is 13.8. The van der Waals surface area contributed by atoms with Crippen LogP contribution < -0.4 is 4.90 Å². The highest BCUT2D eigenvalue weighted by atomic mass is 32.1. The van der Waals surface area contributed by atoms with Gasteiger partial charge >= 0.3 is 0 Å². The minimum Gasteiger partial charge on any atom is -0.310 e. The van der Waals surface area contributed by atoms with Gasteiger partial charge in [-0.1, -0.05) is 220 Å². The second-order valence-corrected chi connectivity index (χ2v) is 20.6. The molecule has 1 heterocycles. The molecular formula is C68H47NS. The molecular weight excluding hydrogens is 863 g/mol. The average Bonchev–Trinajstić information content (AvgIpc) is 4.03. The summed E-state index contributed by atoms with van der Waals surface area (Å²) in [6.07, 6.45) is 0. The summed E-state index contributed by atoms with van der Waals surface area (Å²) in [6, 6.07) is 93.0. The minimum atomic E-state index is -0.527. The number of rotatable bonds is 7. The fraction of sp³-hybridized carbons (Fsp3) is 0.0588. The van der Waals surface area contributed by atoms with E-state index in [2.05, 4.69) is 267 Å². The molecule has 0 N–H and O–H groups in total. The molecule has 0 unspecified atom stereocenters. The van der Waals surface area contributed by atoms with Crippen LogP contribution in [0.4, 0.5) is 17.1 Å². The van der Waals surface area contributed by atoms with E-state index in [9.17, 15) is 0 Å². The van der Waals surface area contributed by atoms with Gasteiger partial charge in [0.2, 0.25) is 0 Å². The van der Waals surface area contributed by atoms with Crippen molar-refractivity contribution in [1.29, 1.82) is 0 Å². The number of hydrogen-bond donors (Lipinski definition) is 0. The molecule has 1 nitrogen and oxygen atoms in total. The van der Waals surface area contributed by atoms with Crippen molar-refractivity contribution in [2.75, 3.05) is 4.90 Å². The second kappa shape index (κ2) is 15.6. The lowest BCUT2D eigenvalue weighted by Crippen LogP contribution is -2.28. The lowest BCUT2D eigenvalue weighted by Gasteiger charge is -2.35. The van der Waals surface area contributed by atoms with E-state index in [1.54, 1.807) is 0 Å². The highest BCUT2D eigenvalue weighted by Gasteiger charge is 2.46. The maximum Gasteiger partial charge on any atom is 0.0714 e. The van der Waals surface area contributed by atoms with Crippen LogP contribution in [-0.4, -0.2) is 0 Å². The Kier molecular flexibility index (Phi) is 9.09. The van der Waals surface area contributed by atoms with Crippen LogP contribution in [0.3, 0.4) is 0 Å². The highest BCUT2D eigenvalue weighted by molar-refractivity contribution is 7.26. The van der Waals surface area contributed by atoms with E-state index in [1.807, 2.05) is 11.3 Å². The maximum absolute atomic E-state index is 2.50. The number of fused-ring (bicyclic) bond motifs is 11. The summed E-state index contributed by atoms with van der Waals surface area (Å²) in [7, 11) is 0. The number of anilines is 3. The second-order valence-electron chi connectivity index (χ2n) is 19.5. The number of thiophene rings is 1. The Morgan fingerprint density at radius 3 is 1.49 bits per heavy atom. The smallest absolute Gasteiger partial charge is 0.0714 e. The van der Waals surface area contributed by atoms with E-state index >= 15 is 0 Å². The Labute approximate surface area is 413 Å². The summed E-state index contributed by atoms with van der Waals surface area (Å²) >= 11 is 1.90. The van der Waals surface area contributed by atoms with Crippen LogP contribution in [0.25, 0.3) is 75.5 Å². The quantitative estimate of drug-likeness (QED) is 0.154. The van der Waals surface area contributed by atoms with Crippen molar-refractivity contribution in [1.82, 2.24) is 0 Å². The first kappa shape index (κ1) is 40.7. The van der Waals surface area contributed by atoms with Crippen LogP contribution in [0.5, 0.6) is 0 Å². The van der Waals surface area contributed by atoms with E-state index in [1.165, 1.54) is 109 Å². The van der Waals surface area contributed by atoms with Crippen molar-refractivity contribution in [3.63, 3.8) is 0 Å². The molecule has 2 heteroatoms. The Balaban J connectivity index is 1.01. The van der Waals surface area contributed by atoms with Crippen molar-refractivity contribution in [2.24, 2.45) is 0 Å². The summed E-state index contributed by atoms with van der Waals surface area (Å²) in [5, 5.41) is 5.19. The van der Waals surface area contributed by atoms with Crippen molar-refractivity contribution in [3.8, 4) is 44.5 Å². The van der Waals surface area contributed by atoms with Crippen molar-refractivity contribution in [2.45, 2.75) is 24.7 Å². The van der Waals surface area contributed by atoms with Crippen molar-refractivity contribution < 1.29 is 0 Å². The highest BCUT2D eigenvalue weighted by Crippen LogP contribution is 2.58. The fourth-order valence-electron chi connectivity index (χ4n) is 12.5. The SMILES string of the molecule is CC1(C)c2ccccc2-c2ccc(N(c3ccc(-c4c(-c5ccccc5)c5c6ccccc6sc5c5ccccc45)cc3)c3ccc4c(c3)C(c3ccccc3)(c3ccccc3)c3ccccc3-4)cc21. The lowest BCUT2D eigenvalue weighted by molar-refractivity contribution is 0.660. The number of benzene rings is 11. The van der Waals surface area contributed by atoms with Crippen LogP contribution in [0.2, 0.25) is 0 Å². The van der Waals surface area contributed by atoms with Gasteiger partial charge in [-0.25, -0.2) is 0 Å². The zero-order valence-corrected chi connectivity index (χ0v) is 39.8. The lowest BCUT2D eigenvalue weighted by atomic mass is 9.67. The molecule has 0 bridgehead atoms. The molecule has 70 heavy (non-hydrogen) atoms. The predicted molar refractivity (Wildman–Crippen MR) is 297 cm³/mol. The molecule has 0 spiro atoms. The molecule has 11 aromatic carbocycles. The van der Waals surface area contributed by atoms with Gasteiger partial charge in [-0.05, 0) is 126 Å². The first-order valence-electron chi connectivity index (χ1n) is 24.4. The van der Waals surface area contributed by atoms with Crippen molar-refractivity contribution in [3.05, 3.63) is 282 Å². The van der Waals surface area contributed by atoms with Gasteiger partial charge in [0.05, 0.1) is 5.41 Å². The van der Waals surface area contributed by atoms with E-state index in [4.69, 9.17) is 0 Å². The van der Waals surface area contributed by atoms with E-state index in [-0.39, 0.29) is 5.41 Å². The van der Waals surface area contributed by atoms with Crippen LogP contribution in [0.1, 0.15) is 47.2 Å². The van der Waals surface area contributed by atoms with Crippen LogP contribution in [-0.2, 0) is 10.8 Å². The van der Waals surface area contributed by atoms with E-state index < -0.39 is 5.41 Å². The molecule has 2 aliphatic rings. The summed E-state index contributed by atoms with van der Waals surface area (Å²) < 4.78 is 2.65. The molecule has 0 amide bonds. The Morgan fingerprint density at radius 1 is 0.343 bits per heavy atom. The minimum absolute atomic E-state index is 0.161. The Morgan fingerprint density at radius 2 is 0.814 bits per heavy atom. The zero-order valence-electron chi connectivity index (χ0n) is 39.0. The molecule has 0 atom stereocenters. The molecule has 330 valence electrons. The third kappa shape index (κ3) is 5.84. The summed E-state index contributed by atoms with van der Waals surface area (Å²) in [5.74, 6) is 0. The standard InChI is InChI=1S/C68H47NS/c1-67(2)58-31-17-14-26-51(58)53-40-38-49(42-60(53)67)69(50-39-41-54-52-27-15-18-32-59(52)68(61(54)43-50,46-22-8-4-9-23-46)47-24-10-5-11-25-47)48-36-34-45(35-37-48)63-55-28-12-13-29-56(55)66-65(57-30-16-19-33-62(57)70-66)64(63)44-20-6-3-7-21-44/h3-43H,1-2H3. The fourth-order valence-corrected chi connectivity index (χ4v) is 13.7. The molecule has 0 radical (unpaired) electrons. The van der Waals surface area contributed by atoms with Gasteiger partial charge in [0.15, 0.2) is 0 Å². The van der Waals surface area contributed by atoms with Gasteiger partial charge in [-0.15, -0.1) is 11.3 Å². The van der Waals surface area contributed by atoms with Crippen molar-refractivity contribution >= 4 is 59.3 Å². The molecule has 0 fully saturated rings. The topological polar surface area (TPSA) is 3.24 Å². The van der Waals surface area contributed by atoms with E-state index in [0.717, 1.165) is 17.1 Å². The molecule has 14 rings (SSSR count). The molecule has 0 saturated carbocycles. The average molecular weight is 910 g/mol. The molecule has 12 aromatic rings. The summed E-state index contributed by atoms with van der Waals surface area (Å²) in [6.45, 7) is 4.76. The first-order valence-corrected chi connectivity index (χ1v) is 25.2. The molecule has 1 aromatic heterocycles. The predicted octanol–water partition coefficient (Wildman–Crippen LogP) is 18.7. The number of nitrogens with zero attached hydrogens (tertiary/aromatic N) is 1. The summed E-state index contributed by atoms with van der Waals surface area (Å²) in [4.78, 5) is 2.50. The van der Waals surface area contributed by atoms with Gasteiger partial charge in [0.25, 0.3) is 0 Å². The Hall–Kier alpha value is -8.30. The largest absolute Gasteiger partial charge is 0.310 e. The van der Waals surface area contributed by atoms with Gasteiger partial charge in [0, 0.05) is 48.0 Å². The third-order valence-corrected chi connectivity index (χ3v) is 16.7. The number of hydrogen-bond acceptors (Lipinski definition) is 2. The van der Waals surface area contributed by atoms with Crippen LogP contribution in [0, 0.1) is 0 Å². The monoisotopic (exact) mass is 909 g/mol. The van der Waals surface area contributed by atoms with Crippen LogP contribution >= 0.6 is 11.3 Å². The zero-order chi connectivity index (χ0) is 46.6. The molecule has 0 aliphatic heterocycles. The van der Waals surface area contributed by atoms with Gasteiger partial charge in [-0.2, -0.15) is 0 Å². The molecule has 2 aliphatic carbocycles. The van der Waals surface area contributed by atoms with Gasteiger partial charge < -0.3 is 4.90 Å². The third-order valence-electron chi connectivity index (χ3n) is 15.5. The van der Waals surface area contributed by atoms with E-state index in [0.29, 0.717) is 0 Å². The summed E-state index contributed by atoms with van der Waals surface area (Å²) in [5.41, 5.74) is 20.7. The van der Waals surface area contributed by atoms with Gasteiger partial charge in [-0.3, -0.25) is 0 Å². The Bertz CT molecular complexity index is 3970. The maximum atomic E-state index is 2.50. The molecule has 0 saturated heterocycles. The van der Waals surface area contributed by atoms with Gasteiger partial charge in [0.1, 0.15) is 0 Å². The van der Waals surface area contributed by atoms with Crippen LogP contribution in [0.15, 0.2) is 249 Å². The first-order chi connectivity index (χ1) is 34.5.